The van der Waals surface area contributed by atoms with Gasteiger partial charge in [0.2, 0.25) is 0 Å². The summed E-state index contributed by atoms with van der Waals surface area (Å²) in [7, 11) is 1.98. The number of rotatable bonds is 2. The van der Waals surface area contributed by atoms with Gasteiger partial charge in [-0.05, 0) is 24.6 Å². The molecule has 0 radical (unpaired) electrons. The van der Waals surface area contributed by atoms with Crippen LogP contribution in [0, 0.1) is 6.92 Å². The molecule has 19 heavy (non-hydrogen) atoms. The van der Waals surface area contributed by atoms with E-state index in [0.717, 1.165) is 33.7 Å². The van der Waals surface area contributed by atoms with Crippen molar-refractivity contribution in [2.24, 2.45) is 12.8 Å². The molecule has 0 aliphatic rings. The van der Waals surface area contributed by atoms with E-state index < -0.39 is 0 Å². The molecule has 0 atom stereocenters. The summed E-state index contributed by atoms with van der Waals surface area (Å²) in [6, 6.07) is 3.91. The number of hydrogen-bond acceptors (Lipinski definition) is 4. The monoisotopic (exact) mass is 253 g/mol. The molecule has 0 spiro atoms. The molecule has 0 saturated carbocycles. The largest absolute Gasteiger partial charge is 0.335 e. The molecule has 2 N–H and O–H groups in total. The number of fused-ring (bicyclic) bond motifs is 1. The third kappa shape index (κ3) is 1.88. The van der Waals surface area contributed by atoms with Crippen molar-refractivity contribution in [1.29, 1.82) is 0 Å². The number of aromatic nitrogens is 4. The van der Waals surface area contributed by atoms with Gasteiger partial charge in [-0.25, -0.2) is 9.97 Å². The second-order valence-electron chi connectivity index (χ2n) is 4.52. The summed E-state index contributed by atoms with van der Waals surface area (Å²) in [5, 5.41) is 1.03. The summed E-state index contributed by atoms with van der Waals surface area (Å²) in [6.07, 6.45) is 5.55. The SMILES string of the molecule is Cc1nc(-c2ccncc2)c2c(CN)cn(C)c2n1. The van der Waals surface area contributed by atoms with E-state index in [4.69, 9.17) is 5.73 Å². The molecule has 0 aliphatic heterocycles. The Morgan fingerprint density at radius 2 is 1.95 bits per heavy atom. The van der Waals surface area contributed by atoms with E-state index in [0.29, 0.717) is 6.54 Å². The first-order chi connectivity index (χ1) is 9.20. The van der Waals surface area contributed by atoms with Gasteiger partial charge in [0.05, 0.1) is 5.69 Å². The molecule has 0 saturated heterocycles. The van der Waals surface area contributed by atoms with Crippen molar-refractivity contribution in [2.45, 2.75) is 13.5 Å². The van der Waals surface area contributed by atoms with Crippen molar-refractivity contribution >= 4 is 11.0 Å². The summed E-state index contributed by atoms with van der Waals surface area (Å²) in [6.45, 7) is 2.38. The number of hydrogen-bond donors (Lipinski definition) is 1. The molecule has 5 heteroatoms. The van der Waals surface area contributed by atoms with Crippen molar-refractivity contribution in [3.8, 4) is 11.3 Å². The summed E-state index contributed by atoms with van der Waals surface area (Å²) in [5.41, 5.74) is 9.76. The first-order valence-electron chi connectivity index (χ1n) is 6.13. The molecule has 96 valence electrons. The molecule has 3 aromatic rings. The van der Waals surface area contributed by atoms with E-state index in [2.05, 4.69) is 15.0 Å². The third-order valence-corrected chi connectivity index (χ3v) is 3.18. The molecule has 5 nitrogen and oxygen atoms in total. The van der Waals surface area contributed by atoms with Gasteiger partial charge in [-0.15, -0.1) is 0 Å². The van der Waals surface area contributed by atoms with Crippen LogP contribution in [0.5, 0.6) is 0 Å². The van der Waals surface area contributed by atoms with Crippen molar-refractivity contribution in [2.75, 3.05) is 0 Å². The maximum Gasteiger partial charge on any atom is 0.144 e. The molecule has 3 aromatic heterocycles. The van der Waals surface area contributed by atoms with Crippen LogP contribution in [0.4, 0.5) is 0 Å². The van der Waals surface area contributed by atoms with Crippen LogP contribution in [0.1, 0.15) is 11.4 Å². The van der Waals surface area contributed by atoms with Crippen molar-refractivity contribution < 1.29 is 0 Å². The highest BCUT2D eigenvalue weighted by Gasteiger charge is 2.15. The predicted octanol–water partition coefficient (Wildman–Crippen LogP) is 1.80. The minimum absolute atomic E-state index is 0.474. The predicted molar refractivity (Wildman–Crippen MR) is 74.4 cm³/mol. The second kappa shape index (κ2) is 4.44. The Balaban J connectivity index is 2.41. The molecule has 0 unspecified atom stereocenters. The molecule has 3 heterocycles. The number of aryl methyl sites for hydroxylation is 2. The maximum atomic E-state index is 5.83. The van der Waals surface area contributed by atoms with Gasteiger partial charge < -0.3 is 10.3 Å². The van der Waals surface area contributed by atoms with Gasteiger partial charge in [0, 0.05) is 43.1 Å². The van der Waals surface area contributed by atoms with E-state index in [1.807, 2.05) is 36.9 Å². The Morgan fingerprint density at radius 3 is 2.63 bits per heavy atom. The van der Waals surface area contributed by atoms with Gasteiger partial charge in [-0.2, -0.15) is 0 Å². The number of nitrogens with two attached hydrogens (primary N) is 1. The van der Waals surface area contributed by atoms with Crippen LogP contribution in [0.2, 0.25) is 0 Å². The van der Waals surface area contributed by atoms with Crippen molar-refractivity contribution in [3.05, 3.63) is 42.1 Å². The van der Waals surface area contributed by atoms with Gasteiger partial charge in [-0.3, -0.25) is 4.98 Å². The summed E-state index contributed by atoms with van der Waals surface area (Å²) in [4.78, 5) is 13.1. The Hall–Kier alpha value is -2.27. The Morgan fingerprint density at radius 1 is 1.21 bits per heavy atom. The van der Waals surface area contributed by atoms with E-state index >= 15 is 0 Å². The highest BCUT2D eigenvalue weighted by atomic mass is 15.0. The smallest absolute Gasteiger partial charge is 0.144 e. The zero-order valence-electron chi connectivity index (χ0n) is 11.0. The van der Waals surface area contributed by atoms with Crippen LogP contribution in [-0.2, 0) is 13.6 Å². The minimum atomic E-state index is 0.474. The minimum Gasteiger partial charge on any atom is -0.335 e. The molecular formula is C14H15N5. The average molecular weight is 253 g/mol. The Kier molecular flexibility index (Phi) is 2.76. The zero-order valence-corrected chi connectivity index (χ0v) is 11.0. The lowest BCUT2D eigenvalue weighted by Crippen LogP contribution is -1.98. The summed E-state index contributed by atoms with van der Waals surface area (Å²) >= 11 is 0. The molecule has 0 aliphatic carbocycles. The quantitative estimate of drug-likeness (QED) is 0.756. The van der Waals surface area contributed by atoms with Crippen LogP contribution in [0.25, 0.3) is 22.3 Å². The summed E-state index contributed by atoms with van der Waals surface area (Å²) in [5.74, 6) is 0.754. The first kappa shape index (κ1) is 11.8. The van der Waals surface area contributed by atoms with E-state index in [-0.39, 0.29) is 0 Å². The molecule has 0 fully saturated rings. The Labute approximate surface area is 111 Å². The molecular weight excluding hydrogens is 238 g/mol. The number of nitrogens with zero attached hydrogens (tertiary/aromatic N) is 4. The Bertz CT molecular complexity index is 730. The lowest BCUT2D eigenvalue weighted by atomic mass is 10.1. The topological polar surface area (TPSA) is 69.6 Å². The van der Waals surface area contributed by atoms with Crippen LogP contribution >= 0.6 is 0 Å². The van der Waals surface area contributed by atoms with Crippen LogP contribution in [0.15, 0.2) is 30.7 Å². The van der Waals surface area contributed by atoms with E-state index in [1.54, 1.807) is 12.4 Å². The van der Waals surface area contributed by atoms with E-state index in [9.17, 15) is 0 Å². The van der Waals surface area contributed by atoms with Gasteiger partial charge >= 0.3 is 0 Å². The lowest BCUT2D eigenvalue weighted by molar-refractivity contribution is 0.922. The highest BCUT2D eigenvalue weighted by molar-refractivity contribution is 5.94. The highest BCUT2D eigenvalue weighted by Crippen LogP contribution is 2.29. The summed E-state index contributed by atoms with van der Waals surface area (Å²) < 4.78 is 2.00. The van der Waals surface area contributed by atoms with Gasteiger partial charge in [-0.1, -0.05) is 0 Å². The van der Waals surface area contributed by atoms with Gasteiger partial charge in [0.25, 0.3) is 0 Å². The fourth-order valence-electron chi connectivity index (χ4n) is 2.34. The first-order valence-corrected chi connectivity index (χ1v) is 6.13. The second-order valence-corrected chi connectivity index (χ2v) is 4.52. The average Bonchev–Trinajstić information content (AvgIpc) is 2.76. The van der Waals surface area contributed by atoms with E-state index in [1.165, 1.54) is 0 Å². The van der Waals surface area contributed by atoms with Crippen LogP contribution < -0.4 is 5.73 Å². The van der Waals surface area contributed by atoms with Crippen molar-refractivity contribution in [1.82, 2.24) is 19.5 Å². The molecule has 0 amide bonds. The van der Waals surface area contributed by atoms with Gasteiger partial charge in [0.15, 0.2) is 0 Å². The van der Waals surface area contributed by atoms with Crippen molar-refractivity contribution in [3.63, 3.8) is 0 Å². The lowest BCUT2D eigenvalue weighted by Gasteiger charge is -2.06. The third-order valence-electron chi connectivity index (χ3n) is 3.18. The number of pyridine rings is 1. The standard InChI is InChI=1S/C14H15N5/c1-9-17-13(10-3-5-16-6-4-10)12-11(7-15)8-19(2)14(12)18-9/h3-6,8H,7,15H2,1-2H3. The van der Waals surface area contributed by atoms with Crippen LogP contribution in [-0.4, -0.2) is 19.5 Å². The maximum absolute atomic E-state index is 5.83. The fraction of sp³-hybridized carbons (Fsp3) is 0.214. The zero-order chi connectivity index (χ0) is 13.4. The van der Waals surface area contributed by atoms with Crippen LogP contribution in [0.3, 0.4) is 0 Å². The molecule has 3 rings (SSSR count). The molecule has 0 aromatic carbocycles. The fourth-order valence-corrected chi connectivity index (χ4v) is 2.34. The van der Waals surface area contributed by atoms with Gasteiger partial charge in [0.1, 0.15) is 11.5 Å². The molecule has 0 bridgehead atoms. The normalized spacial score (nSPS) is 11.1.